The molecule has 2 N–H and O–H groups in total. The SMILES string of the molecule is NC[C@@H]1CCCCN1Cc1cccc(Cl)c1. The highest BCUT2D eigenvalue weighted by atomic mass is 35.5. The van der Waals surface area contributed by atoms with Crippen LogP contribution < -0.4 is 5.73 Å². The molecule has 1 fully saturated rings. The van der Waals surface area contributed by atoms with Gasteiger partial charge in [-0.1, -0.05) is 30.2 Å². The van der Waals surface area contributed by atoms with E-state index >= 15 is 0 Å². The lowest BCUT2D eigenvalue weighted by Crippen LogP contribution is -2.43. The van der Waals surface area contributed by atoms with Crippen molar-refractivity contribution in [1.82, 2.24) is 4.90 Å². The van der Waals surface area contributed by atoms with E-state index in [4.69, 9.17) is 17.3 Å². The molecule has 2 rings (SSSR count). The van der Waals surface area contributed by atoms with Gasteiger partial charge < -0.3 is 5.73 Å². The van der Waals surface area contributed by atoms with E-state index in [1.165, 1.54) is 24.8 Å². The summed E-state index contributed by atoms with van der Waals surface area (Å²) in [5, 5.41) is 0.818. The number of rotatable bonds is 3. The third-order valence-corrected chi connectivity index (χ3v) is 3.53. The average Bonchev–Trinajstić information content (AvgIpc) is 2.30. The summed E-state index contributed by atoms with van der Waals surface area (Å²) in [5.41, 5.74) is 7.09. The molecule has 0 amide bonds. The van der Waals surface area contributed by atoms with Gasteiger partial charge >= 0.3 is 0 Å². The van der Waals surface area contributed by atoms with Crippen LogP contribution in [0.2, 0.25) is 5.02 Å². The van der Waals surface area contributed by atoms with E-state index in [2.05, 4.69) is 11.0 Å². The zero-order chi connectivity index (χ0) is 11.4. The molecule has 2 nitrogen and oxygen atoms in total. The molecule has 1 saturated heterocycles. The van der Waals surface area contributed by atoms with Crippen LogP contribution in [-0.2, 0) is 6.54 Å². The Morgan fingerprint density at radius 2 is 2.25 bits per heavy atom. The van der Waals surface area contributed by atoms with Crippen molar-refractivity contribution in [3.05, 3.63) is 34.9 Å². The van der Waals surface area contributed by atoms with Crippen molar-refractivity contribution in [3.63, 3.8) is 0 Å². The molecule has 1 aromatic carbocycles. The third kappa shape index (κ3) is 2.97. The highest BCUT2D eigenvalue weighted by molar-refractivity contribution is 6.30. The maximum Gasteiger partial charge on any atom is 0.0409 e. The molecular formula is C13H19ClN2. The first-order chi connectivity index (χ1) is 7.79. The Kier molecular flexibility index (Phi) is 4.22. The van der Waals surface area contributed by atoms with Gasteiger partial charge in [0.25, 0.3) is 0 Å². The Labute approximate surface area is 102 Å². The van der Waals surface area contributed by atoms with E-state index in [1.807, 2.05) is 18.2 Å². The highest BCUT2D eigenvalue weighted by Crippen LogP contribution is 2.20. The second-order valence-corrected chi connectivity index (χ2v) is 4.92. The summed E-state index contributed by atoms with van der Waals surface area (Å²) in [5.74, 6) is 0. The summed E-state index contributed by atoms with van der Waals surface area (Å²) < 4.78 is 0. The zero-order valence-electron chi connectivity index (χ0n) is 9.53. The van der Waals surface area contributed by atoms with Gasteiger partial charge in [0.2, 0.25) is 0 Å². The number of likely N-dealkylation sites (tertiary alicyclic amines) is 1. The molecule has 0 aliphatic carbocycles. The molecule has 0 bridgehead atoms. The molecule has 1 aromatic rings. The quantitative estimate of drug-likeness (QED) is 0.877. The van der Waals surface area contributed by atoms with E-state index in [9.17, 15) is 0 Å². The van der Waals surface area contributed by atoms with Crippen LogP contribution in [0.5, 0.6) is 0 Å². The Hall–Kier alpha value is -0.570. The van der Waals surface area contributed by atoms with Crippen molar-refractivity contribution < 1.29 is 0 Å². The van der Waals surface area contributed by atoms with Gasteiger partial charge in [-0.05, 0) is 37.1 Å². The number of piperidine rings is 1. The summed E-state index contributed by atoms with van der Waals surface area (Å²) in [4.78, 5) is 2.48. The molecule has 0 unspecified atom stereocenters. The molecule has 1 aliphatic heterocycles. The standard InChI is InChI=1S/C13H19ClN2/c14-12-5-3-4-11(8-12)10-16-7-2-1-6-13(16)9-15/h3-5,8,13H,1-2,6-7,9-10,15H2/t13-/m0/s1. The maximum atomic E-state index is 5.99. The maximum absolute atomic E-state index is 5.99. The highest BCUT2D eigenvalue weighted by Gasteiger charge is 2.20. The fourth-order valence-corrected chi connectivity index (χ4v) is 2.62. The van der Waals surface area contributed by atoms with E-state index < -0.39 is 0 Å². The molecular weight excluding hydrogens is 220 g/mol. The number of benzene rings is 1. The van der Waals surface area contributed by atoms with Gasteiger partial charge in [0.15, 0.2) is 0 Å². The molecule has 3 heteroatoms. The molecule has 1 heterocycles. The predicted molar refractivity (Wildman–Crippen MR) is 68.6 cm³/mol. The second-order valence-electron chi connectivity index (χ2n) is 4.49. The predicted octanol–water partition coefficient (Wildman–Crippen LogP) is 2.65. The van der Waals surface area contributed by atoms with Crippen molar-refractivity contribution in [2.45, 2.75) is 31.8 Å². The molecule has 16 heavy (non-hydrogen) atoms. The zero-order valence-corrected chi connectivity index (χ0v) is 10.3. The van der Waals surface area contributed by atoms with Gasteiger partial charge in [-0.3, -0.25) is 4.90 Å². The Morgan fingerprint density at radius 1 is 1.38 bits per heavy atom. The van der Waals surface area contributed by atoms with Crippen molar-refractivity contribution in [3.8, 4) is 0 Å². The fourth-order valence-electron chi connectivity index (χ4n) is 2.40. The van der Waals surface area contributed by atoms with Crippen LogP contribution in [0, 0.1) is 0 Å². The monoisotopic (exact) mass is 238 g/mol. The first-order valence-electron chi connectivity index (χ1n) is 5.98. The molecule has 0 radical (unpaired) electrons. The van der Waals surface area contributed by atoms with Crippen LogP contribution in [0.25, 0.3) is 0 Å². The third-order valence-electron chi connectivity index (χ3n) is 3.30. The van der Waals surface area contributed by atoms with E-state index in [1.54, 1.807) is 0 Å². The fraction of sp³-hybridized carbons (Fsp3) is 0.538. The summed E-state index contributed by atoms with van der Waals surface area (Å²) >= 11 is 5.99. The number of hydrogen-bond donors (Lipinski definition) is 1. The van der Waals surface area contributed by atoms with Crippen LogP contribution in [0.4, 0.5) is 0 Å². The summed E-state index contributed by atoms with van der Waals surface area (Å²) in [6.45, 7) is 2.90. The number of halogens is 1. The van der Waals surface area contributed by atoms with Crippen LogP contribution in [0.1, 0.15) is 24.8 Å². The summed E-state index contributed by atoms with van der Waals surface area (Å²) in [6.07, 6.45) is 3.84. The molecule has 0 aromatic heterocycles. The largest absolute Gasteiger partial charge is 0.329 e. The Balaban J connectivity index is 2.02. The molecule has 1 aliphatic rings. The van der Waals surface area contributed by atoms with E-state index in [0.29, 0.717) is 6.04 Å². The van der Waals surface area contributed by atoms with Crippen molar-refractivity contribution in [2.24, 2.45) is 5.73 Å². The summed E-state index contributed by atoms with van der Waals surface area (Å²) in [7, 11) is 0. The lowest BCUT2D eigenvalue weighted by molar-refractivity contribution is 0.145. The molecule has 0 saturated carbocycles. The van der Waals surface area contributed by atoms with Crippen LogP contribution in [0.15, 0.2) is 24.3 Å². The van der Waals surface area contributed by atoms with Gasteiger partial charge in [0, 0.05) is 24.2 Å². The lowest BCUT2D eigenvalue weighted by atomic mass is 10.0. The number of nitrogens with zero attached hydrogens (tertiary/aromatic N) is 1. The smallest absolute Gasteiger partial charge is 0.0409 e. The first kappa shape index (κ1) is 11.9. The van der Waals surface area contributed by atoms with Crippen LogP contribution in [0.3, 0.4) is 0 Å². The van der Waals surface area contributed by atoms with E-state index in [-0.39, 0.29) is 0 Å². The minimum Gasteiger partial charge on any atom is -0.329 e. The number of nitrogens with two attached hydrogens (primary N) is 1. The number of hydrogen-bond acceptors (Lipinski definition) is 2. The second kappa shape index (κ2) is 5.67. The minimum absolute atomic E-state index is 0.549. The topological polar surface area (TPSA) is 29.3 Å². The van der Waals surface area contributed by atoms with Crippen LogP contribution >= 0.6 is 11.6 Å². The molecule has 88 valence electrons. The van der Waals surface area contributed by atoms with Gasteiger partial charge in [0.1, 0.15) is 0 Å². The average molecular weight is 239 g/mol. The lowest BCUT2D eigenvalue weighted by Gasteiger charge is -2.35. The first-order valence-corrected chi connectivity index (χ1v) is 6.36. The summed E-state index contributed by atoms with van der Waals surface area (Å²) in [6, 6.07) is 8.66. The Bertz CT molecular complexity index is 340. The normalized spacial score (nSPS) is 22.2. The molecule has 1 atom stereocenters. The van der Waals surface area contributed by atoms with Gasteiger partial charge in [0.05, 0.1) is 0 Å². The van der Waals surface area contributed by atoms with Crippen molar-refractivity contribution in [2.75, 3.05) is 13.1 Å². The van der Waals surface area contributed by atoms with Crippen LogP contribution in [-0.4, -0.2) is 24.0 Å². The van der Waals surface area contributed by atoms with Gasteiger partial charge in [-0.2, -0.15) is 0 Å². The van der Waals surface area contributed by atoms with Gasteiger partial charge in [-0.15, -0.1) is 0 Å². The van der Waals surface area contributed by atoms with Crippen molar-refractivity contribution in [1.29, 1.82) is 0 Å². The van der Waals surface area contributed by atoms with Crippen molar-refractivity contribution >= 4 is 11.6 Å². The van der Waals surface area contributed by atoms with E-state index in [0.717, 1.165) is 24.7 Å². The minimum atomic E-state index is 0.549. The molecule has 0 spiro atoms. The van der Waals surface area contributed by atoms with Gasteiger partial charge in [-0.25, -0.2) is 0 Å². The Morgan fingerprint density at radius 3 is 3.00 bits per heavy atom.